The summed E-state index contributed by atoms with van der Waals surface area (Å²) in [5.41, 5.74) is 0. The zero-order chi connectivity index (χ0) is 9.40. The van der Waals surface area contributed by atoms with Crippen molar-refractivity contribution >= 4 is 15.9 Å². The molecule has 0 aliphatic carbocycles. The van der Waals surface area contributed by atoms with Crippen molar-refractivity contribution in [1.29, 1.82) is 0 Å². The minimum absolute atomic E-state index is 0.535. The van der Waals surface area contributed by atoms with E-state index in [2.05, 4.69) is 34.7 Å². The van der Waals surface area contributed by atoms with E-state index in [4.69, 9.17) is 4.74 Å². The summed E-state index contributed by atoms with van der Waals surface area (Å²) in [5.74, 6) is 0. The van der Waals surface area contributed by atoms with Gasteiger partial charge in [-0.2, -0.15) is 0 Å². The fraction of sp³-hybridized carbons (Fsp3) is 1.00. The van der Waals surface area contributed by atoms with E-state index >= 15 is 0 Å². The first-order chi connectivity index (χ1) is 5.76. The molecule has 0 aromatic carbocycles. The molecule has 12 heavy (non-hydrogen) atoms. The summed E-state index contributed by atoms with van der Waals surface area (Å²) in [4.78, 5) is 2.44. The third kappa shape index (κ3) is 5.12. The quantitative estimate of drug-likeness (QED) is 0.630. The number of halogens is 1. The second-order valence-electron chi connectivity index (χ2n) is 3.03. The average molecular weight is 238 g/mol. The Balaban J connectivity index is 3.72. The summed E-state index contributed by atoms with van der Waals surface area (Å²) < 4.78 is 5.12. The highest BCUT2D eigenvalue weighted by Crippen LogP contribution is 2.01. The highest BCUT2D eigenvalue weighted by atomic mass is 79.9. The summed E-state index contributed by atoms with van der Waals surface area (Å²) in [5, 5.41) is 1.04. The first-order valence-corrected chi connectivity index (χ1v) is 5.67. The molecule has 0 aliphatic rings. The Morgan fingerprint density at radius 3 is 2.50 bits per heavy atom. The largest absolute Gasteiger partial charge is 0.383 e. The van der Waals surface area contributed by atoms with Crippen molar-refractivity contribution in [3.8, 4) is 0 Å². The molecule has 0 aromatic heterocycles. The number of alkyl halides is 1. The summed E-state index contributed by atoms with van der Waals surface area (Å²) in [6.45, 7) is 7.52. The van der Waals surface area contributed by atoms with Gasteiger partial charge in [0.25, 0.3) is 0 Å². The zero-order valence-electron chi connectivity index (χ0n) is 8.35. The molecule has 0 fully saturated rings. The van der Waals surface area contributed by atoms with E-state index in [1.54, 1.807) is 7.11 Å². The summed E-state index contributed by atoms with van der Waals surface area (Å²) in [6, 6.07) is 0.535. The van der Waals surface area contributed by atoms with E-state index in [1.807, 2.05) is 0 Å². The monoisotopic (exact) mass is 237 g/mol. The number of hydrogen-bond donors (Lipinski definition) is 0. The number of nitrogens with zero attached hydrogens (tertiary/aromatic N) is 1. The van der Waals surface area contributed by atoms with Crippen molar-refractivity contribution < 1.29 is 4.74 Å². The van der Waals surface area contributed by atoms with Crippen LogP contribution in [-0.2, 0) is 4.74 Å². The Bertz CT molecular complexity index is 94.5. The predicted octanol–water partition coefficient (Wildman–Crippen LogP) is 2.13. The van der Waals surface area contributed by atoms with Gasteiger partial charge in [0, 0.05) is 25.0 Å². The highest BCUT2D eigenvalue weighted by Gasteiger charge is 2.10. The maximum atomic E-state index is 5.12. The normalized spacial score (nSPS) is 13.8. The summed E-state index contributed by atoms with van der Waals surface area (Å²) in [7, 11) is 1.76. The van der Waals surface area contributed by atoms with Crippen molar-refractivity contribution in [3.63, 3.8) is 0 Å². The van der Waals surface area contributed by atoms with Gasteiger partial charge in [0.1, 0.15) is 0 Å². The highest BCUT2D eigenvalue weighted by molar-refractivity contribution is 9.09. The van der Waals surface area contributed by atoms with Gasteiger partial charge in [-0.15, -0.1) is 0 Å². The van der Waals surface area contributed by atoms with E-state index < -0.39 is 0 Å². The molecule has 1 unspecified atom stereocenters. The Hall–Kier alpha value is 0.400. The SMILES string of the molecule is CCCN(CCBr)C(C)COC. The Labute approximate surface area is 84.4 Å². The van der Waals surface area contributed by atoms with E-state index in [-0.39, 0.29) is 0 Å². The summed E-state index contributed by atoms with van der Waals surface area (Å²) in [6.07, 6.45) is 1.21. The third-order valence-corrected chi connectivity index (χ3v) is 2.27. The van der Waals surface area contributed by atoms with Gasteiger partial charge >= 0.3 is 0 Å². The molecule has 0 bridgehead atoms. The number of methoxy groups -OCH3 is 1. The molecule has 0 saturated carbocycles. The van der Waals surface area contributed by atoms with Crippen molar-refractivity contribution in [3.05, 3.63) is 0 Å². The first kappa shape index (κ1) is 12.4. The molecule has 74 valence electrons. The molecular formula is C9H20BrNO. The second-order valence-corrected chi connectivity index (χ2v) is 3.82. The third-order valence-electron chi connectivity index (χ3n) is 1.91. The van der Waals surface area contributed by atoms with Gasteiger partial charge in [0.15, 0.2) is 0 Å². The van der Waals surface area contributed by atoms with Gasteiger partial charge in [0.2, 0.25) is 0 Å². The Morgan fingerprint density at radius 2 is 2.08 bits per heavy atom. The fourth-order valence-electron chi connectivity index (χ4n) is 1.29. The van der Waals surface area contributed by atoms with Gasteiger partial charge in [-0.3, -0.25) is 4.90 Å². The van der Waals surface area contributed by atoms with Gasteiger partial charge < -0.3 is 4.74 Å². The van der Waals surface area contributed by atoms with Crippen LogP contribution in [0.4, 0.5) is 0 Å². The molecule has 0 radical (unpaired) electrons. The lowest BCUT2D eigenvalue weighted by atomic mass is 10.3. The van der Waals surface area contributed by atoms with Crippen LogP contribution in [0.2, 0.25) is 0 Å². The topological polar surface area (TPSA) is 12.5 Å². The van der Waals surface area contributed by atoms with Crippen LogP contribution in [-0.4, -0.2) is 43.1 Å². The lowest BCUT2D eigenvalue weighted by Crippen LogP contribution is -2.38. The van der Waals surface area contributed by atoms with Crippen molar-refractivity contribution in [2.75, 3.05) is 32.1 Å². The van der Waals surface area contributed by atoms with Crippen LogP contribution in [0.25, 0.3) is 0 Å². The molecule has 0 aliphatic heterocycles. The molecular weight excluding hydrogens is 218 g/mol. The lowest BCUT2D eigenvalue weighted by Gasteiger charge is -2.27. The van der Waals surface area contributed by atoms with E-state index in [9.17, 15) is 0 Å². The predicted molar refractivity (Wildman–Crippen MR) is 57.0 cm³/mol. The van der Waals surface area contributed by atoms with Crippen molar-refractivity contribution in [2.45, 2.75) is 26.3 Å². The van der Waals surface area contributed by atoms with E-state index in [0.29, 0.717) is 6.04 Å². The van der Waals surface area contributed by atoms with Crippen molar-refractivity contribution in [2.24, 2.45) is 0 Å². The van der Waals surface area contributed by atoms with Gasteiger partial charge in [-0.1, -0.05) is 22.9 Å². The molecule has 0 saturated heterocycles. The first-order valence-electron chi connectivity index (χ1n) is 4.55. The fourth-order valence-corrected chi connectivity index (χ4v) is 1.75. The van der Waals surface area contributed by atoms with Gasteiger partial charge in [0.05, 0.1) is 6.61 Å². The van der Waals surface area contributed by atoms with E-state index in [1.165, 1.54) is 6.42 Å². The van der Waals surface area contributed by atoms with Gasteiger partial charge in [-0.05, 0) is 19.9 Å². The molecule has 0 aromatic rings. The Kier molecular flexibility index (Phi) is 8.29. The van der Waals surface area contributed by atoms with Crippen LogP contribution in [0.15, 0.2) is 0 Å². The maximum Gasteiger partial charge on any atom is 0.0615 e. The standard InChI is InChI=1S/C9H20BrNO/c1-4-6-11(7-5-10)9(2)8-12-3/h9H,4-8H2,1-3H3. The van der Waals surface area contributed by atoms with E-state index in [0.717, 1.165) is 25.0 Å². The van der Waals surface area contributed by atoms with Crippen LogP contribution in [0.1, 0.15) is 20.3 Å². The molecule has 0 amide bonds. The molecule has 0 spiro atoms. The maximum absolute atomic E-state index is 5.12. The van der Waals surface area contributed by atoms with Crippen molar-refractivity contribution in [1.82, 2.24) is 4.90 Å². The van der Waals surface area contributed by atoms with Crippen LogP contribution >= 0.6 is 15.9 Å². The van der Waals surface area contributed by atoms with Crippen LogP contribution in [0, 0.1) is 0 Å². The average Bonchev–Trinajstić information content (AvgIpc) is 2.04. The van der Waals surface area contributed by atoms with Crippen LogP contribution in [0.3, 0.4) is 0 Å². The second kappa shape index (κ2) is 8.02. The number of hydrogen-bond acceptors (Lipinski definition) is 2. The zero-order valence-corrected chi connectivity index (χ0v) is 9.93. The van der Waals surface area contributed by atoms with Gasteiger partial charge in [-0.25, -0.2) is 0 Å². The van der Waals surface area contributed by atoms with Crippen LogP contribution in [0.5, 0.6) is 0 Å². The molecule has 3 heteroatoms. The lowest BCUT2D eigenvalue weighted by molar-refractivity contribution is 0.104. The summed E-state index contributed by atoms with van der Waals surface area (Å²) >= 11 is 3.46. The number of rotatable bonds is 7. The minimum Gasteiger partial charge on any atom is -0.383 e. The molecule has 2 nitrogen and oxygen atoms in total. The minimum atomic E-state index is 0.535. The molecule has 1 atom stereocenters. The Morgan fingerprint density at radius 1 is 1.42 bits per heavy atom. The molecule has 0 rings (SSSR count). The smallest absolute Gasteiger partial charge is 0.0615 e. The number of ether oxygens (including phenoxy) is 1. The molecule has 0 heterocycles. The molecule has 0 N–H and O–H groups in total. The van der Waals surface area contributed by atoms with Crippen LogP contribution < -0.4 is 0 Å².